The lowest BCUT2D eigenvalue weighted by atomic mass is 10.3. The summed E-state index contributed by atoms with van der Waals surface area (Å²) in [4.78, 5) is 12.4. The van der Waals surface area contributed by atoms with Crippen LogP contribution in [0.15, 0.2) is 71.7 Å². The molecule has 94 valence electrons. The largest absolute Gasteiger partial charge is 0.493 e. The van der Waals surface area contributed by atoms with E-state index in [1.165, 1.54) is 15.3 Å². The summed E-state index contributed by atoms with van der Waals surface area (Å²) in [6.45, 7) is 0. The SMILES string of the molecule is O=c1n(-c2ccccc2)cc(O)n1-c1ccccc1. The highest BCUT2D eigenvalue weighted by atomic mass is 16.3. The zero-order chi connectivity index (χ0) is 13.2. The van der Waals surface area contributed by atoms with Gasteiger partial charge in [0.25, 0.3) is 0 Å². The van der Waals surface area contributed by atoms with Crippen molar-refractivity contribution in [2.75, 3.05) is 0 Å². The van der Waals surface area contributed by atoms with Crippen LogP contribution in [0.3, 0.4) is 0 Å². The van der Waals surface area contributed by atoms with Gasteiger partial charge in [0.05, 0.1) is 17.6 Å². The average Bonchev–Trinajstić information content (AvgIpc) is 2.76. The zero-order valence-electron chi connectivity index (χ0n) is 10.1. The molecule has 2 aromatic carbocycles. The van der Waals surface area contributed by atoms with Crippen molar-refractivity contribution in [1.82, 2.24) is 9.13 Å². The highest BCUT2D eigenvalue weighted by Gasteiger charge is 2.12. The Kier molecular flexibility index (Phi) is 2.68. The van der Waals surface area contributed by atoms with Crippen molar-refractivity contribution >= 4 is 0 Å². The monoisotopic (exact) mass is 252 g/mol. The summed E-state index contributed by atoms with van der Waals surface area (Å²) in [6, 6.07) is 18.3. The molecule has 1 heterocycles. The number of benzene rings is 2. The molecule has 4 nitrogen and oxygen atoms in total. The molecule has 0 aliphatic rings. The van der Waals surface area contributed by atoms with Gasteiger partial charge in [0.2, 0.25) is 5.88 Å². The van der Waals surface area contributed by atoms with Gasteiger partial charge in [0, 0.05) is 0 Å². The number of rotatable bonds is 2. The van der Waals surface area contributed by atoms with Crippen LogP contribution < -0.4 is 5.69 Å². The molecular weight excluding hydrogens is 240 g/mol. The van der Waals surface area contributed by atoms with Crippen molar-refractivity contribution in [3.05, 3.63) is 77.3 Å². The highest BCUT2D eigenvalue weighted by Crippen LogP contribution is 2.16. The molecule has 0 atom stereocenters. The minimum atomic E-state index is -0.296. The van der Waals surface area contributed by atoms with Crippen LogP contribution in [0.2, 0.25) is 0 Å². The Balaban J connectivity index is 2.20. The lowest BCUT2D eigenvalue weighted by Gasteiger charge is -2.02. The topological polar surface area (TPSA) is 47.2 Å². The van der Waals surface area contributed by atoms with E-state index in [9.17, 15) is 9.90 Å². The average molecular weight is 252 g/mol. The van der Waals surface area contributed by atoms with Crippen molar-refractivity contribution < 1.29 is 5.11 Å². The Morgan fingerprint density at radius 3 is 1.89 bits per heavy atom. The molecule has 0 saturated heterocycles. The maximum absolute atomic E-state index is 12.4. The number of hydrogen-bond acceptors (Lipinski definition) is 2. The van der Waals surface area contributed by atoms with Crippen LogP contribution in [0.1, 0.15) is 0 Å². The Hall–Kier alpha value is -2.75. The summed E-state index contributed by atoms with van der Waals surface area (Å²) in [5.74, 6) is -0.0833. The Morgan fingerprint density at radius 2 is 1.32 bits per heavy atom. The van der Waals surface area contributed by atoms with E-state index in [1.54, 1.807) is 12.1 Å². The number of para-hydroxylation sites is 2. The highest BCUT2D eigenvalue weighted by molar-refractivity contribution is 5.39. The van der Waals surface area contributed by atoms with Gasteiger partial charge in [-0.3, -0.25) is 4.57 Å². The molecular formula is C15H12N2O2. The number of aromatic hydroxyl groups is 1. The van der Waals surface area contributed by atoms with Crippen molar-refractivity contribution in [3.8, 4) is 17.3 Å². The van der Waals surface area contributed by atoms with E-state index < -0.39 is 0 Å². The second-order valence-electron chi connectivity index (χ2n) is 4.15. The van der Waals surface area contributed by atoms with Gasteiger partial charge in [-0.05, 0) is 24.3 Å². The molecule has 3 rings (SSSR count). The fraction of sp³-hybridized carbons (Fsp3) is 0. The summed E-state index contributed by atoms with van der Waals surface area (Å²) in [5.41, 5.74) is 1.06. The lowest BCUT2D eigenvalue weighted by Crippen LogP contribution is -2.21. The van der Waals surface area contributed by atoms with E-state index in [0.717, 1.165) is 5.69 Å². The summed E-state index contributed by atoms with van der Waals surface area (Å²) < 4.78 is 2.69. The smallest absolute Gasteiger partial charge is 0.340 e. The molecule has 0 unspecified atom stereocenters. The summed E-state index contributed by atoms with van der Waals surface area (Å²) in [7, 11) is 0. The molecule has 0 fully saturated rings. The molecule has 0 amide bonds. The molecule has 0 radical (unpaired) electrons. The molecule has 1 N–H and O–H groups in total. The Morgan fingerprint density at radius 1 is 0.789 bits per heavy atom. The molecule has 0 aliphatic heterocycles. The minimum absolute atomic E-state index is 0.0833. The lowest BCUT2D eigenvalue weighted by molar-refractivity contribution is 0.441. The van der Waals surface area contributed by atoms with Gasteiger partial charge in [-0.2, -0.15) is 0 Å². The van der Waals surface area contributed by atoms with Crippen molar-refractivity contribution in [2.45, 2.75) is 0 Å². The molecule has 3 aromatic rings. The molecule has 19 heavy (non-hydrogen) atoms. The van der Waals surface area contributed by atoms with Crippen LogP contribution >= 0.6 is 0 Å². The molecule has 0 spiro atoms. The van der Waals surface area contributed by atoms with Gasteiger partial charge in [-0.1, -0.05) is 36.4 Å². The normalized spacial score (nSPS) is 10.5. The molecule has 1 aromatic heterocycles. The van der Waals surface area contributed by atoms with Gasteiger partial charge in [0.1, 0.15) is 0 Å². The van der Waals surface area contributed by atoms with E-state index in [-0.39, 0.29) is 11.6 Å². The molecule has 0 bridgehead atoms. The first kappa shape index (κ1) is 11.3. The third-order valence-electron chi connectivity index (χ3n) is 2.92. The van der Waals surface area contributed by atoms with Gasteiger partial charge < -0.3 is 5.11 Å². The van der Waals surface area contributed by atoms with E-state index in [2.05, 4.69) is 0 Å². The zero-order valence-corrected chi connectivity index (χ0v) is 10.1. The van der Waals surface area contributed by atoms with Gasteiger partial charge >= 0.3 is 5.69 Å². The van der Waals surface area contributed by atoms with Crippen molar-refractivity contribution in [1.29, 1.82) is 0 Å². The van der Waals surface area contributed by atoms with Crippen LogP contribution in [0, 0.1) is 0 Å². The summed E-state index contributed by atoms with van der Waals surface area (Å²) >= 11 is 0. The second-order valence-corrected chi connectivity index (χ2v) is 4.15. The number of aromatic nitrogens is 2. The van der Waals surface area contributed by atoms with Crippen LogP contribution in [-0.4, -0.2) is 14.2 Å². The maximum atomic E-state index is 12.4. The van der Waals surface area contributed by atoms with Crippen molar-refractivity contribution in [2.24, 2.45) is 0 Å². The Bertz CT molecular complexity index is 743. The quantitative estimate of drug-likeness (QED) is 0.761. The number of imidazole rings is 1. The van der Waals surface area contributed by atoms with Gasteiger partial charge in [0.15, 0.2) is 0 Å². The standard InChI is InChI=1S/C15H12N2O2/c18-14-11-16(12-7-3-1-4-8-12)15(19)17(14)13-9-5-2-6-10-13/h1-11,18H. The molecule has 0 saturated carbocycles. The predicted octanol–water partition coefficient (Wildman–Crippen LogP) is 2.33. The van der Waals surface area contributed by atoms with Gasteiger partial charge in [-0.25, -0.2) is 9.36 Å². The molecule has 0 aliphatic carbocycles. The third kappa shape index (κ3) is 1.93. The van der Waals surface area contributed by atoms with Crippen LogP contribution in [-0.2, 0) is 0 Å². The predicted molar refractivity (Wildman–Crippen MR) is 73.0 cm³/mol. The molecule has 4 heteroatoms. The fourth-order valence-electron chi connectivity index (χ4n) is 2.03. The first-order valence-electron chi connectivity index (χ1n) is 5.91. The van der Waals surface area contributed by atoms with E-state index >= 15 is 0 Å². The summed E-state index contributed by atoms with van der Waals surface area (Å²) in [5, 5.41) is 9.97. The van der Waals surface area contributed by atoms with E-state index in [0.29, 0.717) is 5.69 Å². The van der Waals surface area contributed by atoms with E-state index in [1.807, 2.05) is 48.5 Å². The number of nitrogens with zero attached hydrogens (tertiary/aromatic N) is 2. The second kappa shape index (κ2) is 4.49. The first-order chi connectivity index (χ1) is 9.27. The van der Waals surface area contributed by atoms with Crippen LogP contribution in [0.4, 0.5) is 0 Å². The Labute approximate surface area is 109 Å². The van der Waals surface area contributed by atoms with Gasteiger partial charge in [-0.15, -0.1) is 0 Å². The number of hydrogen-bond donors (Lipinski definition) is 1. The van der Waals surface area contributed by atoms with Crippen LogP contribution in [0.5, 0.6) is 5.88 Å². The fourth-order valence-corrected chi connectivity index (χ4v) is 2.03. The van der Waals surface area contributed by atoms with E-state index in [4.69, 9.17) is 0 Å². The van der Waals surface area contributed by atoms with Crippen molar-refractivity contribution in [3.63, 3.8) is 0 Å². The van der Waals surface area contributed by atoms with Crippen LogP contribution in [0.25, 0.3) is 11.4 Å². The summed E-state index contributed by atoms with van der Waals surface area (Å²) in [6.07, 6.45) is 1.42. The third-order valence-corrected chi connectivity index (χ3v) is 2.92. The maximum Gasteiger partial charge on any atom is 0.340 e. The first-order valence-corrected chi connectivity index (χ1v) is 5.91. The minimum Gasteiger partial charge on any atom is -0.493 e.